The number of nitrogens with zero attached hydrogens (tertiary/aromatic N) is 1. The fraction of sp³-hybridized carbons (Fsp3) is 0.571. The Morgan fingerprint density at radius 3 is 2.83 bits per heavy atom. The van der Waals surface area contributed by atoms with E-state index in [0.717, 1.165) is 42.5 Å². The summed E-state index contributed by atoms with van der Waals surface area (Å²) in [4.78, 5) is 2.36. The van der Waals surface area contributed by atoms with Crippen molar-refractivity contribution in [1.29, 1.82) is 0 Å². The van der Waals surface area contributed by atoms with Crippen molar-refractivity contribution in [1.82, 2.24) is 0 Å². The molecule has 1 aromatic carbocycles. The number of hydrogen-bond donors (Lipinski definition) is 1. The van der Waals surface area contributed by atoms with Crippen molar-refractivity contribution < 1.29 is 4.74 Å². The van der Waals surface area contributed by atoms with Crippen LogP contribution in [-0.2, 0) is 11.2 Å². The summed E-state index contributed by atoms with van der Waals surface area (Å²) in [5, 5.41) is 0.806. The zero-order chi connectivity index (χ0) is 13.2. The maximum absolute atomic E-state index is 6.31. The van der Waals surface area contributed by atoms with Crippen molar-refractivity contribution in [3.63, 3.8) is 0 Å². The zero-order valence-electron chi connectivity index (χ0n) is 11.1. The van der Waals surface area contributed by atoms with Gasteiger partial charge in [0.05, 0.1) is 18.8 Å². The quantitative estimate of drug-likeness (QED) is 0.915. The van der Waals surface area contributed by atoms with E-state index in [1.165, 1.54) is 0 Å². The molecule has 0 amide bonds. The molecular weight excluding hydrogens is 248 g/mol. The summed E-state index contributed by atoms with van der Waals surface area (Å²) < 4.78 is 5.54. The number of halogens is 1. The van der Waals surface area contributed by atoms with E-state index in [1.807, 2.05) is 6.07 Å². The third-order valence-corrected chi connectivity index (χ3v) is 3.76. The second-order valence-corrected chi connectivity index (χ2v) is 5.74. The molecule has 1 aliphatic heterocycles. The highest BCUT2D eigenvalue weighted by molar-refractivity contribution is 6.31. The Labute approximate surface area is 114 Å². The number of ether oxygens (including phenoxy) is 1. The van der Waals surface area contributed by atoms with Crippen molar-refractivity contribution in [2.24, 2.45) is 5.73 Å². The Morgan fingerprint density at radius 2 is 2.22 bits per heavy atom. The van der Waals surface area contributed by atoms with Gasteiger partial charge in [-0.1, -0.05) is 17.7 Å². The molecule has 1 heterocycles. The van der Waals surface area contributed by atoms with Gasteiger partial charge in [-0.25, -0.2) is 0 Å². The van der Waals surface area contributed by atoms with E-state index in [9.17, 15) is 0 Å². The highest BCUT2D eigenvalue weighted by Gasteiger charge is 2.30. The molecule has 100 valence electrons. The number of benzene rings is 1. The van der Waals surface area contributed by atoms with Gasteiger partial charge in [-0.15, -0.1) is 0 Å². The normalized spacial score (nSPS) is 19.0. The van der Waals surface area contributed by atoms with Gasteiger partial charge in [0.2, 0.25) is 0 Å². The molecule has 1 fully saturated rings. The third-order valence-electron chi connectivity index (χ3n) is 3.41. The van der Waals surface area contributed by atoms with Gasteiger partial charge in [-0.2, -0.15) is 0 Å². The lowest BCUT2D eigenvalue weighted by molar-refractivity contribution is 0.0644. The summed E-state index contributed by atoms with van der Waals surface area (Å²) >= 11 is 6.31. The molecule has 0 bridgehead atoms. The van der Waals surface area contributed by atoms with E-state index in [-0.39, 0.29) is 5.54 Å². The van der Waals surface area contributed by atoms with Crippen molar-refractivity contribution >= 4 is 17.3 Å². The molecule has 0 spiro atoms. The lowest BCUT2D eigenvalue weighted by Gasteiger charge is -2.44. The van der Waals surface area contributed by atoms with Crippen molar-refractivity contribution in [2.45, 2.75) is 25.8 Å². The summed E-state index contributed by atoms with van der Waals surface area (Å²) in [5.41, 5.74) is 7.86. The molecule has 0 radical (unpaired) electrons. The Kier molecular flexibility index (Phi) is 4.15. The first-order valence-electron chi connectivity index (χ1n) is 6.38. The maximum atomic E-state index is 6.31. The predicted molar refractivity (Wildman–Crippen MR) is 76.5 cm³/mol. The highest BCUT2D eigenvalue weighted by atomic mass is 35.5. The molecule has 1 aromatic rings. The minimum absolute atomic E-state index is 0.0109. The molecule has 0 aromatic heterocycles. The van der Waals surface area contributed by atoms with Crippen LogP contribution < -0.4 is 10.6 Å². The molecule has 2 rings (SSSR count). The van der Waals surface area contributed by atoms with Gasteiger partial charge >= 0.3 is 0 Å². The summed E-state index contributed by atoms with van der Waals surface area (Å²) in [6, 6.07) is 6.25. The molecule has 18 heavy (non-hydrogen) atoms. The molecule has 3 nitrogen and oxygen atoms in total. The van der Waals surface area contributed by atoms with Gasteiger partial charge in [0, 0.05) is 17.3 Å². The van der Waals surface area contributed by atoms with Crippen LogP contribution in [0.15, 0.2) is 18.2 Å². The first-order chi connectivity index (χ1) is 8.54. The van der Waals surface area contributed by atoms with Gasteiger partial charge in [-0.3, -0.25) is 0 Å². The minimum Gasteiger partial charge on any atom is -0.377 e. The largest absolute Gasteiger partial charge is 0.377 e. The Morgan fingerprint density at radius 1 is 1.44 bits per heavy atom. The lowest BCUT2D eigenvalue weighted by Crippen LogP contribution is -2.53. The van der Waals surface area contributed by atoms with Crippen molar-refractivity contribution in [3.05, 3.63) is 28.8 Å². The molecule has 0 atom stereocenters. The van der Waals surface area contributed by atoms with Crippen LogP contribution in [0.2, 0.25) is 5.02 Å². The monoisotopic (exact) mass is 268 g/mol. The summed E-state index contributed by atoms with van der Waals surface area (Å²) in [6.07, 6.45) is 0.825. The fourth-order valence-corrected chi connectivity index (χ4v) is 2.67. The topological polar surface area (TPSA) is 38.5 Å². The highest BCUT2D eigenvalue weighted by Crippen LogP contribution is 2.30. The van der Waals surface area contributed by atoms with E-state index in [1.54, 1.807) is 0 Å². The van der Waals surface area contributed by atoms with Crippen LogP contribution in [0, 0.1) is 0 Å². The smallest absolute Gasteiger partial charge is 0.0694 e. The van der Waals surface area contributed by atoms with Gasteiger partial charge in [0.25, 0.3) is 0 Å². The molecule has 0 saturated carbocycles. The molecule has 2 N–H and O–H groups in total. The Balaban J connectivity index is 2.25. The average molecular weight is 269 g/mol. The van der Waals surface area contributed by atoms with E-state index in [0.29, 0.717) is 6.54 Å². The number of nitrogens with two attached hydrogens (primary N) is 1. The molecule has 1 aliphatic rings. The van der Waals surface area contributed by atoms with Crippen molar-refractivity contribution in [3.8, 4) is 0 Å². The predicted octanol–water partition coefficient (Wildman–Crippen LogP) is 2.46. The van der Waals surface area contributed by atoms with Crippen LogP contribution in [0.5, 0.6) is 0 Å². The van der Waals surface area contributed by atoms with E-state index < -0.39 is 0 Å². The second kappa shape index (κ2) is 5.47. The van der Waals surface area contributed by atoms with Crippen LogP contribution in [0.1, 0.15) is 19.4 Å². The standard InChI is InChI=1S/C14H21ClN2O/c1-14(2)10-18-8-7-17(14)12-4-3-11(5-6-16)13(15)9-12/h3-4,9H,5-8,10,16H2,1-2H3. The maximum Gasteiger partial charge on any atom is 0.0694 e. The number of hydrogen-bond acceptors (Lipinski definition) is 3. The summed E-state index contributed by atoms with van der Waals surface area (Å²) in [5.74, 6) is 0. The summed E-state index contributed by atoms with van der Waals surface area (Å²) in [6.45, 7) is 7.42. The van der Waals surface area contributed by atoms with Crippen LogP contribution in [0.4, 0.5) is 5.69 Å². The lowest BCUT2D eigenvalue weighted by atomic mass is 10.0. The van der Waals surface area contributed by atoms with E-state index in [2.05, 4.69) is 30.9 Å². The zero-order valence-corrected chi connectivity index (χ0v) is 11.8. The second-order valence-electron chi connectivity index (χ2n) is 5.33. The number of morpholine rings is 1. The average Bonchev–Trinajstić information content (AvgIpc) is 2.31. The Hall–Kier alpha value is -0.770. The van der Waals surface area contributed by atoms with E-state index in [4.69, 9.17) is 22.1 Å². The first kappa shape index (κ1) is 13.7. The van der Waals surface area contributed by atoms with Crippen LogP contribution in [-0.4, -0.2) is 31.8 Å². The fourth-order valence-electron chi connectivity index (χ4n) is 2.40. The first-order valence-corrected chi connectivity index (χ1v) is 6.76. The molecule has 0 aliphatic carbocycles. The van der Waals surface area contributed by atoms with Crippen molar-refractivity contribution in [2.75, 3.05) is 31.2 Å². The number of anilines is 1. The number of rotatable bonds is 3. The summed E-state index contributed by atoms with van der Waals surface area (Å²) in [7, 11) is 0. The van der Waals surface area contributed by atoms with Gasteiger partial charge < -0.3 is 15.4 Å². The van der Waals surface area contributed by atoms with E-state index >= 15 is 0 Å². The Bertz CT molecular complexity index is 420. The molecule has 0 unspecified atom stereocenters. The molecule has 1 saturated heterocycles. The minimum atomic E-state index is 0.0109. The SMILES string of the molecule is CC1(C)COCCN1c1ccc(CCN)c(Cl)c1. The van der Waals surface area contributed by atoms with Gasteiger partial charge in [0.15, 0.2) is 0 Å². The van der Waals surface area contributed by atoms with Gasteiger partial charge in [-0.05, 0) is 44.5 Å². The van der Waals surface area contributed by atoms with Crippen LogP contribution in [0.25, 0.3) is 0 Å². The van der Waals surface area contributed by atoms with Crippen LogP contribution >= 0.6 is 11.6 Å². The molecule has 4 heteroatoms. The molecular formula is C14H21ClN2O. The van der Waals surface area contributed by atoms with Gasteiger partial charge in [0.1, 0.15) is 0 Å². The third kappa shape index (κ3) is 2.79. The van der Waals surface area contributed by atoms with Crippen LogP contribution in [0.3, 0.4) is 0 Å².